The van der Waals surface area contributed by atoms with E-state index in [4.69, 9.17) is 4.74 Å². The molecule has 1 fully saturated rings. The normalized spacial score (nSPS) is 14.2. The topological polar surface area (TPSA) is 91.7 Å². The number of ether oxygens (including phenoxy) is 1. The molecule has 2 aromatic carbocycles. The molecule has 0 bridgehead atoms. The Morgan fingerprint density at radius 2 is 1.90 bits per heavy atom. The number of amides is 1. The third-order valence-electron chi connectivity index (χ3n) is 5.13. The van der Waals surface area contributed by atoms with E-state index in [1.807, 2.05) is 35.2 Å². The van der Waals surface area contributed by atoms with Gasteiger partial charge >= 0.3 is 5.69 Å². The lowest BCUT2D eigenvalue weighted by molar-refractivity contribution is -0.385. The molecule has 4 rings (SSSR count). The van der Waals surface area contributed by atoms with Gasteiger partial charge in [-0.15, -0.1) is 0 Å². The summed E-state index contributed by atoms with van der Waals surface area (Å²) in [6.45, 7) is 4.17. The standard InChI is InChI=1S/C21H22N4O4/c1-2-29-19-9-5-8-18(20(19)25(27)28)23-10-12-24(13-11-23)21(26)17-14-15-6-3-4-7-16(15)22-17/h3-9,14,22H,2,10-13H2,1H3. The van der Waals surface area contributed by atoms with Gasteiger partial charge in [-0.05, 0) is 31.2 Å². The fourth-order valence-corrected chi connectivity index (χ4v) is 3.73. The summed E-state index contributed by atoms with van der Waals surface area (Å²) in [6, 6.07) is 14.7. The first kappa shape index (κ1) is 18.8. The van der Waals surface area contributed by atoms with Gasteiger partial charge in [0, 0.05) is 37.1 Å². The number of nitrogens with zero attached hydrogens (tertiary/aromatic N) is 3. The van der Waals surface area contributed by atoms with Crippen molar-refractivity contribution < 1.29 is 14.5 Å². The molecule has 0 saturated carbocycles. The summed E-state index contributed by atoms with van der Waals surface area (Å²) in [5, 5.41) is 12.6. The molecule has 0 spiro atoms. The number of nitro groups is 1. The first-order chi connectivity index (χ1) is 14.1. The minimum absolute atomic E-state index is 0.0234. The van der Waals surface area contributed by atoms with Crippen molar-refractivity contribution in [1.29, 1.82) is 0 Å². The van der Waals surface area contributed by atoms with Crippen LogP contribution in [0.2, 0.25) is 0 Å². The highest BCUT2D eigenvalue weighted by Crippen LogP contribution is 2.37. The van der Waals surface area contributed by atoms with E-state index in [-0.39, 0.29) is 17.3 Å². The van der Waals surface area contributed by atoms with Crippen LogP contribution in [0.3, 0.4) is 0 Å². The van der Waals surface area contributed by atoms with E-state index >= 15 is 0 Å². The SMILES string of the molecule is CCOc1cccc(N2CCN(C(=O)c3cc4ccccc4[nH]3)CC2)c1[N+](=O)[O-]. The molecule has 1 aromatic heterocycles. The van der Waals surface area contributed by atoms with Gasteiger partial charge in [-0.3, -0.25) is 14.9 Å². The predicted molar refractivity (Wildman–Crippen MR) is 111 cm³/mol. The van der Waals surface area contributed by atoms with E-state index < -0.39 is 4.92 Å². The number of nitro benzene ring substituents is 1. The predicted octanol–water partition coefficient (Wildman–Crippen LogP) is 3.44. The molecule has 1 amide bonds. The van der Waals surface area contributed by atoms with E-state index in [2.05, 4.69) is 4.98 Å². The Bertz CT molecular complexity index is 1020. The number of para-hydroxylation sites is 2. The zero-order valence-electron chi connectivity index (χ0n) is 16.1. The maximum Gasteiger partial charge on any atom is 0.333 e. The van der Waals surface area contributed by atoms with Crippen molar-refractivity contribution in [3.63, 3.8) is 0 Å². The molecule has 29 heavy (non-hydrogen) atoms. The molecule has 1 saturated heterocycles. The number of piperazine rings is 1. The molecule has 8 nitrogen and oxygen atoms in total. The number of carbonyl (C=O) groups excluding carboxylic acids is 1. The molecule has 150 valence electrons. The lowest BCUT2D eigenvalue weighted by atomic mass is 10.2. The second-order valence-electron chi connectivity index (χ2n) is 6.86. The highest BCUT2D eigenvalue weighted by Gasteiger charge is 2.29. The summed E-state index contributed by atoms with van der Waals surface area (Å²) >= 11 is 0. The molecule has 0 unspecified atom stereocenters. The van der Waals surface area contributed by atoms with Crippen LogP contribution in [-0.4, -0.2) is 53.5 Å². The molecule has 0 aliphatic carbocycles. The van der Waals surface area contributed by atoms with E-state index in [9.17, 15) is 14.9 Å². The summed E-state index contributed by atoms with van der Waals surface area (Å²) in [5.74, 6) is 0.213. The van der Waals surface area contributed by atoms with E-state index in [0.29, 0.717) is 44.2 Å². The first-order valence-corrected chi connectivity index (χ1v) is 9.60. The second kappa shape index (κ2) is 7.83. The number of benzene rings is 2. The molecule has 2 heterocycles. The maximum atomic E-state index is 12.9. The summed E-state index contributed by atoms with van der Waals surface area (Å²) in [6.07, 6.45) is 0. The number of carbonyl (C=O) groups is 1. The number of hydrogen-bond donors (Lipinski definition) is 1. The molecular formula is C21H22N4O4. The zero-order valence-corrected chi connectivity index (χ0v) is 16.1. The minimum Gasteiger partial charge on any atom is -0.487 e. The Morgan fingerprint density at radius 1 is 1.14 bits per heavy atom. The van der Waals surface area contributed by atoms with Gasteiger partial charge in [0.1, 0.15) is 11.4 Å². The average Bonchev–Trinajstić information content (AvgIpc) is 3.17. The maximum absolute atomic E-state index is 12.9. The Kier molecular flexibility index (Phi) is 5.07. The summed E-state index contributed by atoms with van der Waals surface area (Å²) in [7, 11) is 0. The van der Waals surface area contributed by atoms with Crippen molar-refractivity contribution in [3.05, 3.63) is 64.3 Å². The van der Waals surface area contributed by atoms with Crippen LogP contribution in [-0.2, 0) is 0 Å². The molecule has 1 aliphatic heterocycles. The van der Waals surface area contributed by atoms with Crippen molar-refractivity contribution >= 4 is 28.2 Å². The monoisotopic (exact) mass is 394 g/mol. The third kappa shape index (κ3) is 3.61. The van der Waals surface area contributed by atoms with E-state index in [1.165, 1.54) is 0 Å². The van der Waals surface area contributed by atoms with E-state index in [0.717, 1.165) is 10.9 Å². The number of hydrogen-bond acceptors (Lipinski definition) is 5. The number of H-pyrrole nitrogens is 1. The Balaban J connectivity index is 1.50. The number of nitrogens with one attached hydrogen (secondary N) is 1. The molecule has 1 N–H and O–H groups in total. The minimum atomic E-state index is -0.400. The summed E-state index contributed by atoms with van der Waals surface area (Å²) < 4.78 is 5.44. The van der Waals surface area contributed by atoms with Crippen LogP contribution in [0.1, 0.15) is 17.4 Å². The lowest BCUT2D eigenvalue weighted by Gasteiger charge is -2.35. The van der Waals surface area contributed by atoms with Crippen LogP contribution in [0, 0.1) is 10.1 Å². The van der Waals surface area contributed by atoms with Gasteiger partial charge in [0.05, 0.1) is 11.5 Å². The fourth-order valence-electron chi connectivity index (χ4n) is 3.73. The van der Waals surface area contributed by atoms with Crippen molar-refractivity contribution in [2.45, 2.75) is 6.92 Å². The largest absolute Gasteiger partial charge is 0.487 e. The van der Waals surface area contributed by atoms with Crippen LogP contribution in [0.15, 0.2) is 48.5 Å². The Morgan fingerprint density at radius 3 is 2.59 bits per heavy atom. The van der Waals surface area contributed by atoms with Crippen LogP contribution in [0.25, 0.3) is 10.9 Å². The second-order valence-corrected chi connectivity index (χ2v) is 6.86. The highest BCUT2D eigenvalue weighted by atomic mass is 16.6. The number of anilines is 1. The van der Waals surface area contributed by atoms with Gasteiger partial charge in [-0.25, -0.2) is 0 Å². The average molecular weight is 394 g/mol. The van der Waals surface area contributed by atoms with Gasteiger partial charge in [-0.1, -0.05) is 24.3 Å². The van der Waals surface area contributed by atoms with Crippen molar-refractivity contribution in [2.24, 2.45) is 0 Å². The van der Waals surface area contributed by atoms with Gasteiger partial charge in [-0.2, -0.15) is 0 Å². The van der Waals surface area contributed by atoms with Gasteiger partial charge in [0.25, 0.3) is 5.91 Å². The summed E-state index contributed by atoms with van der Waals surface area (Å²) in [5.41, 5.74) is 1.99. The number of aromatic nitrogens is 1. The van der Waals surface area contributed by atoms with Gasteiger partial charge < -0.3 is 19.5 Å². The first-order valence-electron chi connectivity index (χ1n) is 9.60. The molecule has 0 atom stereocenters. The molecule has 0 radical (unpaired) electrons. The fraction of sp³-hybridized carbons (Fsp3) is 0.286. The Labute approximate surface area is 167 Å². The van der Waals surface area contributed by atoms with Crippen molar-refractivity contribution in [2.75, 3.05) is 37.7 Å². The third-order valence-corrected chi connectivity index (χ3v) is 5.13. The lowest BCUT2D eigenvalue weighted by Crippen LogP contribution is -2.49. The van der Waals surface area contributed by atoms with E-state index in [1.54, 1.807) is 30.0 Å². The smallest absolute Gasteiger partial charge is 0.333 e. The zero-order chi connectivity index (χ0) is 20.4. The van der Waals surface area contributed by atoms with Crippen molar-refractivity contribution in [1.82, 2.24) is 9.88 Å². The number of fused-ring (bicyclic) bond motifs is 1. The van der Waals surface area contributed by atoms with Crippen LogP contribution in [0.5, 0.6) is 5.75 Å². The number of rotatable bonds is 5. The quantitative estimate of drug-likeness (QED) is 0.529. The molecular weight excluding hydrogens is 372 g/mol. The van der Waals surface area contributed by atoms with Crippen molar-refractivity contribution in [3.8, 4) is 5.75 Å². The van der Waals surface area contributed by atoms with Crippen LogP contribution in [0.4, 0.5) is 11.4 Å². The number of aromatic amines is 1. The molecule has 1 aliphatic rings. The van der Waals surface area contributed by atoms with Crippen LogP contribution >= 0.6 is 0 Å². The highest BCUT2D eigenvalue weighted by molar-refractivity contribution is 5.98. The molecule has 3 aromatic rings. The Hall–Kier alpha value is -3.55. The summed E-state index contributed by atoms with van der Waals surface area (Å²) in [4.78, 5) is 31.0. The van der Waals surface area contributed by atoms with Gasteiger partial charge in [0.15, 0.2) is 5.75 Å². The van der Waals surface area contributed by atoms with Gasteiger partial charge in [0.2, 0.25) is 0 Å². The molecule has 8 heteroatoms. The van der Waals surface area contributed by atoms with Crippen LogP contribution < -0.4 is 9.64 Å².